The number of hydrogen-bond donors (Lipinski definition) is 1. The molecule has 9 heavy (non-hydrogen) atoms. The van der Waals surface area contributed by atoms with Gasteiger partial charge in [0.15, 0.2) is 0 Å². The van der Waals surface area contributed by atoms with Crippen LogP contribution in [-0.2, 0) is 0 Å². The highest BCUT2D eigenvalue weighted by Gasteiger charge is 2.02. The zero-order valence-corrected chi connectivity index (χ0v) is 5.92. The van der Waals surface area contributed by atoms with Crippen LogP contribution in [0.1, 0.15) is 6.92 Å². The molecule has 48 valence electrons. The summed E-state index contributed by atoms with van der Waals surface area (Å²) in [6, 6.07) is 1.68. The monoisotopic (exact) mass is 141 g/mol. The van der Waals surface area contributed by atoms with Gasteiger partial charge in [0.1, 0.15) is 0 Å². The van der Waals surface area contributed by atoms with Gasteiger partial charge in [-0.3, -0.25) is 4.79 Å². The predicted molar refractivity (Wildman–Crippen MR) is 40.1 cm³/mol. The molecule has 2 nitrogen and oxygen atoms in total. The zero-order valence-electron chi connectivity index (χ0n) is 5.10. The fourth-order valence-electron chi connectivity index (χ4n) is 0.639. The molecule has 0 saturated carbocycles. The minimum Gasteiger partial charge on any atom is -0.382 e. The van der Waals surface area contributed by atoms with Crippen molar-refractivity contribution in [3.05, 3.63) is 20.8 Å². The Labute approximate surface area is 58.2 Å². The van der Waals surface area contributed by atoms with Crippen molar-refractivity contribution in [1.82, 2.24) is 0 Å². The van der Waals surface area contributed by atoms with Gasteiger partial charge >= 0.3 is 0 Å². The maximum atomic E-state index is 10.7. The molecule has 0 amide bonds. The van der Waals surface area contributed by atoms with Crippen LogP contribution in [0.4, 0.5) is 5.69 Å². The van der Waals surface area contributed by atoms with E-state index < -0.39 is 0 Å². The lowest BCUT2D eigenvalue weighted by Crippen LogP contribution is -2.14. The standard InChI is InChI=1S/C6H7NOS/c1-2-7-4-3-5(9)6(4)8/h3,7H,2H2,1H3. The van der Waals surface area contributed by atoms with Crippen LogP contribution in [0.15, 0.2) is 10.9 Å². The molecule has 0 aliphatic rings. The van der Waals surface area contributed by atoms with Gasteiger partial charge in [0.05, 0.1) is 10.2 Å². The van der Waals surface area contributed by atoms with Gasteiger partial charge in [-0.2, -0.15) is 0 Å². The van der Waals surface area contributed by atoms with Gasteiger partial charge in [0, 0.05) is 6.54 Å². The van der Waals surface area contributed by atoms with Crippen LogP contribution in [0.3, 0.4) is 0 Å². The van der Waals surface area contributed by atoms with Gasteiger partial charge in [-0.25, -0.2) is 0 Å². The van der Waals surface area contributed by atoms with E-state index in [9.17, 15) is 4.79 Å². The zero-order chi connectivity index (χ0) is 6.85. The summed E-state index contributed by atoms with van der Waals surface area (Å²) in [4.78, 5) is 10.7. The summed E-state index contributed by atoms with van der Waals surface area (Å²) in [5.74, 6) is 0. The summed E-state index contributed by atoms with van der Waals surface area (Å²) < 4.78 is 0.436. The molecule has 0 saturated heterocycles. The fraction of sp³-hybridized carbons (Fsp3) is 0.333. The molecule has 0 radical (unpaired) electrons. The molecule has 0 spiro atoms. The second-order valence-electron chi connectivity index (χ2n) is 1.78. The number of nitrogens with one attached hydrogen (secondary N) is 1. The molecule has 0 aliphatic carbocycles. The minimum atomic E-state index is -0.0214. The normalized spacial score (nSPS) is 9.89. The Morgan fingerprint density at radius 1 is 1.78 bits per heavy atom. The molecule has 0 aliphatic heterocycles. The molecule has 0 heterocycles. The summed E-state index contributed by atoms with van der Waals surface area (Å²) >= 11 is 4.63. The van der Waals surface area contributed by atoms with E-state index in [0.717, 1.165) is 6.54 Å². The van der Waals surface area contributed by atoms with E-state index in [1.54, 1.807) is 6.07 Å². The highest BCUT2D eigenvalue weighted by molar-refractivity contribution is 7.71. The van der Waals surface area contributed by atoms with E-state index >= 15 is 0 Å². The Bertz CT molecular complexity index is 272. The maximum Gasteiger partial charge on any atom is 0.219 e. The van der Waals surface area contributed by atoms with E-state index in [-0.39, 0.29) is 5.43 Å². The molecule has 1 N–H and O–H groups in total. The van der Waals surface area contributed by atoms with E-state index in [1.165, 1.54) is 0 Å². The molecule has 0 bridgehead atoms. The Hall–Kier alpha value is -0.700. The van der Waals surface area contributed by atoms with Crippen LogP contribution in [0, 0.1) is 4.51 Å². The van der Waals surface area contributed by atoms with E-state index in [4.69, 9.17) is 0 Å². The van der Waals surface area contributed by atoms with Gasteiger partial charge in [0.25, 0.3) is 0 Å². The summed E-state index contributed by atoms with van der Waals surface area (Å²) in [6.45, 7) is 2.72. The van der Waals surface area contributed by atoms with E-state index in [1.807, 2.05) is 6.92 Å². The molecule has 0 aromatic heterocycles. The Morgan fingerprint density at radius 2 is 2.44 bits per heavy atom. The Morgan fingerprint density at radius 3 is 2.78 bits per heavy atom. The topological polar surface area (TPSA) is 29.1 Å². The summed E-state index contributed by atoms with van der Waals surface area (Å²) in [7, 11) is 0. The molecular weight excluding hydrogens is 134 g/mol. The van der Waals surface area contributed by atoms with Gasteiger partial charge in [-0.15, -0.1) is 0 Å². The fourth-order valence-corrected chi connectivity index (χ4v) is 0.867. The third kappa shape index (κ3) is 1.00. The van der Waals surface area contributed by atoms with Crippen molar-refractivity contribution in [2.24, 2.45) is 0 Å². The van der Waals surface area contributed by atoms with E-state index in [0.29, 0.717) is 10.2 Å². The number of hydrogen-bond acceptors (Lipinski definition) is 3. The number of rotatable bonds is 2. The molecule has 0 fully saturated rings. The van der Waals surface area contributed by atoms with Crippen LogP contribution in [0.2, 0.25) is 0 Å². The first-order valence-electron chi connectivity index (χ1n) is 2.80. The molecule has 0 atom stereocenters. The van der Waals surface area contributed by atoms with Crippen molar-refractivity contribution < 1.29 is 0 Å². The summed E-state index contributed by atoms with van der Waals surface area (Å²) in [5.41, 5.74) is 0.634. The lowest BCUT2D eigenvalue weighted by molar-refractivity contribution is 1.19. The molecular formula is C6H7NOS. The van der Waals surface area contributed by atoms with Crippen molar-refractivity contribution in [1.29, 1.82) is 0 Å². The minimum absolute atomic E-state index is 0.0214. The van der Waals surface area contributed by atoms with E-state index in [2.05, 4.69) is 17.5 Å². The third-order valence-electron chi connectivity index (χ3n) is 1.11. The van der Waals surface area contributed by atoms with Gasteiger partial charge in [-0.1, -0.05) is 12.2 Å². The van der Waals surface area contributed by atoms with Gasteiger partial charge in [0.2, 0.25) is 5.43 Å². The summed E-state index contributed by atoms with van der Waals surface area (Å²) in [6.07, 6.45) is 0. The Balaban J connectivity index is 2.80. The third-order valence-corrected chi connectivity index (χ3v) is 1.41. The first-order chi connectivity index (χ1) is 4.25. The maximum absolute atomic E-state index is 10.7. The van der Waals surface area contributed by atoms with Crippen LogP contribution in [-0.4, -0.2) is 6.54 Å². The predicted octanol–water partition coefficient (Wildman–Crippen LogP) is 1.08. The first-order valence-corrected chi connectivity index (χ1v) is 3.20. The van der Waals surface area contributed by atoms with Crippen molar-refractivity contribution >= 4 is 17.9 Å². The lowest BCUT2D eigenvalue weighted by Gasteiger charge is -2.01. The quantitative estimate of drug-likeness (QED) is 0.625. The van der Waals surface area contributed by atoms with Crippen molar-refractivity contribution in [3.63, 3.8) is 0 Å². The lowest BCUT2D eigenvalue weighted by atomic mass is 10.3. The number of anilines is 1. The SMILES string of the molecule is CCNc1cc(=S)c1=O. The largest absolute Gasteiger partial charge is 0.382 e. The highest BCUT2D eigenvalue weighted by atomic mass is 32.1. The highest BCUT2D eigenvalue weighted by Crippen LogP contribution is 2.01. The molecule has 1 aromatic rings. The van der Waals surface area contributed by atoms with Crippen molar-refractivity contribution in [2.45, 2.75) is 6.92 Å². The summed E-state index contributed by atoms with van der Waals surface area (Å²) in [5, 5.41) is 2.89. The second kappa shape index (κ2) is 2.27. The van der Waals surface area contributed by atoms with Crippen molar-refractivity contribution in [2.75, 3.05) is 11.9 Å². The second-order valence-corrected chi connectivity index (χ2v) is 2.22. The smallest absolute Gasteiger partial charge is 0.219 e. The molecule has 1 rings (SSSR count). The molecule has 3 heteroatoms. The van der Waals surface area contributed by atoms with Gasteiger partial charge in [-0.05, 0) is 13.0 Å². The van der Waals surface area contributed by atoms with Crippen LogP contribution in [0.5, 0.6) is 0 Å². The Kier molecular flexibility index (Phi) is 1.62. The van der Waals surface area contributed by atoms with Crippen molar-refractivity contribution in [3.8, 4) is 0 Å². The molecule has 0 unspecified atom stereocenters. The van der Waals surface area contributed by atoms with Crippen LogP contribution < -0.4 is 10.7 Å². The first kappa shape index (κ1) is 6.42. The van der Waals surface area contributed by atoms with Crippen LogP contribution >= 0.6 is 12.2 Å². The average Bonchev–Trinajstić information content (AvgIpc) is 1.88. The molecule has 1 aromatic carbocycles. The van der Waals surface area contributed by atoms with Gasteiger partial charge < -0.3 is 5.32 Å². The average molecular weight is 141 g/mol. The van der Waals surface area contributed by atoms with Crippen LogP contribution in [0.25, 0.3) is 0 Å².